The van der Waals surface area contributed by atoms with Crippen molar-refractivity contribution in [1.29, 1.82) is 0 Å². The van der Waals surface area contributed by atoms with E-state index in [0.717, 1.165) is 31.2 Å². The Bertz CT molecular complexity index is 995. The number of hydrogen-bond acceptors (Lipinski definition) is 4. The van der Waals surface area contributed by atoms with Crippen LogP contribution < -0.4 is 10.1 Å². The number of rotatable bonds is 7. The van der Waals surface area contributed by atoms with E-state index in [4.69, 9.17) is 4.74 Å². The molecule has 168 valence electrons. The van der Waals surface area contributed by atoms with Gasteiger partial charge in [-0.3, -0.25) is 4.79 Å². The maximum atomic E-state index is 13.3. The summed E-state index contributed by atoms with van der Waals surface area (Å²) in [6.07, 6.45) is 3.75. The predicted octanol–water partition coefficient (Wildman–Crippen LogP) is 3.97. The van der Waals surface area contributed by atoms with Crippen LogP contribution in [0.4, 0.5) is 0 Å². The molecule has 0 saturated carbocycles. The minimum absolute atomic E-state index is 0.0480. The highest BCUT2D eigenvalue weighted by atomic mass is 32.2. The molecule has 1 aliphatic heterocycles. The number of benzene rings is 2. The highest BCUT2D eigenvalue weighted by molar-refractivity contribution is 7.89. The average molecular weight is 445 g/mol. The Kier molecular flexibility index (Phi) is 7.38. The van der Waals surface area contributed by atoms with Crippen molar-refractivity contribution in [3.63, 3.8) is 0 Å². The summed E-state index contributed by atoms with van der Waals surface area (Å²) in [7, 11) is -2.30. The summed E-state index contributed by atoms with van der Waals surface area (Å²) in [6, 6.07) is 14.6. The minimum Gasteiger partial charge on any atom is -0.495 e. The van der Waals surface area contributed by atoms with Crippen LogP contribution in [-0.2, 0) is 15.4 Å². The van der Waals surface area contributed by atoms with E-state index in [1.807, 2.05) is 30.3 Å². The summed E-state index contributed by atoms with van der Waals surface area (Å²) >= 11 is 0. The molecule has 1 fully saturated rings. The molecule has 7 heteroatoms. The quantitative estimate of drug-likeness (QED) is 0.701. The number of nitrogens with zero attached hydrogens (tertiary/aromatic N) is 1. The molecule has 3 rings (SSSR count). The fourth-order valence-electron chi connectivity index (χ4n) is 3.84. The molecule has 1 heterocycles. The Hall–Kier alpha value is -2.38. The molecule has 2 aromatic carbocycles. The lowest BCUT2D eigenvalue weighted by molar-refractivity contribution is 0.0945. The summed E-state index contributed by atoms with van der Waals surface area (Å²) in [6.45, 7) is 5.54. The first-order valence-corrected chi connectivity index (χ1v) is 12.2. The predicted molar refractivity (Wildman–Crippen MR) is 122 cm³/mol. The molecule has 0 aliphatic carbocycles. The van der Waals surface area contributed by atoms with Crippen LogP contribution in [0.25, 0.3) is 0 Å². The number of methoxy groups -OCH3 is 1. The van der Waals surface area contributed by atoms with Crippen LogP contribution in [0.1, 0.15) is 55.5 Å². The Morgan fingerprint density at radius 3 is 2.29 bits per heavy atom. The molecular formula is C24H32N2O4S. The molecule has 0 spiro atoms. The van der Waals surface area contributed by atoms with Crippen molar-refractivity contribution in [3.8, 4) is 5.75 Å². The number of ether oxygens (including phenoxy) is 1. The Balaban J connectivity index is 1.81. The second kappa shape index (κ2) is 9.83. The van der Waals surface area contributed by atoms with Gasteiger partial charge in [0.25, 0.3) is 5.91 Å². The molecule has 0 bridgehead atoms. The van der Waals surface area contributed by atoms with Gasteiger partial charge < -0.3 is 10.1 Å². The van der Waals surface area contributed by atoms with E-state index in [0.29, 0.717) is 25.2 Å². The van der Waals surface area contributed by atoms with Gasteiger partial charge in [0.05, 0.1) is 7.11 Å². The topological polar surface area (TPSA) is 75.7 Å². The van der Waals surface area contributed by atoms with Crippen LogP contribution in [-0.4, -0.2) is 45.4 Å². The smallest absolute Gasteiger partial charge is 0.251 e. The molecule has 0 radical (unpaired) electrons. The van der Waals surface area contributed by atoms with Crippen LogP contribution in [0.2, 0.25) is 0 Å². The number of sulfonamides is 1. The van der Waals surface area contributed by atoms with Gasteiger partial charge in [-0.25, -0.2) is 8.42 Å². The molecular weight excluding hydrogens is 412 g/mol. The fraction of sp³-hybridized carbons (Fsp3) is 0.458. The minimum atomic E-state index is -3.74. The molecule has 1 amide bonds. The highest BCUT2D eigenvalue weighted by Gasteiger charge is 2.29. The zero-order chi connectivity index (χ0) is 22.5. The number of carbonyl (C=O) groups excluding carboxylic acids is 1. The van der Waals surface area contributed by atoms with Gasteiger partial charge in [-0.2, -0.15) is 4.31 Å². The summed E-state index contributed by atoms with van der Waals surface area (Å²) in [5.41, 5.74) is 1.16. The Morgan fingerprint density at radius 2 is 1.68 bits per heavy atom. The molecule has 2 aromatic rings. The van der Waals surface area contributed by atoms with Crippen molar-refractivity contribution < 1.29 is 17.9 Å². The first-order valence-electron chi connectivity index (χ1n) is 10.8. The summed E-state index contributed by atoms with van der Waals surface area (Å²) < 4.78 is 33.5. The lowest BCUT2D eigenvalue weighted by Gasteiger charge is -2.26. The Morgan fingerprint density at radius 1 is 1.03 bits per heavy atom. The van der Waals surface area contributed by atoms with Gasteiger partial charge in [-0.1, -0.05) is 57.0 Å². The van der Waals surface area contributed by atoms with Crippen LogP contribution in [0.5, 0.6) is 5.75 Å². The van der Waals surface area contributed by atoms with E-state index in [2.05, 4.69) is 19.2 Å². The lowest BCUT2D eigenvalue weighted by Crippen LogP contribution is -2.37. The van der Waals surface area contributed by atoms with E-state index in [1.165, 1.54) is 17.5 Å². The zero-order valence-electron chi connectivity index (χ0n) is 18.6. The third-order valence-corrected chi connectivity index (χ3v) is 7.77. The van der Waals surface area contributed by atoms with E-state index >= 15 is 0 Å². The third-order valence-electron chi connectivity index (χ3n) is 5.85. The number of carbonyl (C=O) groups is 1. The van der Waals surface area contributed by atoms with Gasteiger partial charge in [0.1, 0.15) is 10.6 Å². The summed E-state index contributed by atoms with van der Waals surface area (Å²) in [4.78, 5) is 12.9. The molecule has 0 unspecified atom stereocenters. The van der Waals surface area contributed by atoms with Crippen molar-refractivity contribution in [2.24, 2.45) is 0 Å². The van der Waals surface area contributed by atoms with Crippen LogP contribution in [0, 0.1) is 0 Å². The van der Waals surface area contributed by atoms with Gasteiger partial charge in [0.15, 0.2) is 0 Å². The maximum absolute atomic E-state index is 13.3. The number of amides is 1. The van der Waals surface area contributed by atoms with Gasteiger partial charge in [0.2, 0.25) is 10.0 Å². The first kappa shape index (κ1) is 23.3. The van der Waals surface area contributed by atoms with Crippen molar-refractivity contribution in [2.75, 3.05) is 26.7 Å². The van der Waals surface area contributed by atoms with Crippen LogP contribution in [0.3, 0.4) is 0 Å². The Labute approximate surface area is 185 Å². The van der Waals surface area contributed by atoms with Crippen LogP contribution in [0.15, 0.2) is 53.4 Å². The second-order valence-corrected chi connectivity index (χ2v) is 10.5. The van der Waals surface area contributed by atoms with Gasteiger partial charge in [-0.15, -0.1) is 0 Å². The van der Waals surface area contributed by atoms with Gasteiger partial charge >= 0.3 is 0 Å². The first-order chi connectivity index (χ1) is 14.8. The van der Waals surface area contributed by atoms with E-state index in [1.54, 1.807) is 12.1 Å². The average Bonchev–Trinajstić information content (AvgIpc) is 3.08. The molecule has 31 heavy (non-hydrogen) atoms. The molecule has 0 atom stereocenters. The van der Waals surface area contributed by atoms with Crippen molar-refractivity contribution in [2.45, 2.75) is 49.8 Å². The fourth-order valence-corrected chi connectivity index (χ4v) is 5.53. The molecule has 0 aromatic heterocycles. The summed E-state index contributed by atoms with van der Waals surface area (Å²) in [5, 5.41) is 2.96. The highest BCUT2D eigenvalue weighted by Crippen LogP contribution is 2.29. The molecule has 1 saturated heterocycles. The molecule has 6 nitrogen and oxygen atoms in total. The van der Waals surface area contributed by atoms with Crippen molar-refractivity contribution in [1.82, 2.24) is 9.62 Å². The van der Waals surface area contributed by atoms with Crippen molar-refractivity contribution >= 4 is 15.9 Å². The van der Waals surface area contributed by atoms with Gasteiger partial charge in [0, 0.05) is 30.6 Å². The van der Waals surface area contributed by atoms with E-state index in [-0.39, 0.29) is 22.0 Å². The largest absolute Gasteiger partial charge is 0.495 e. The monoisotopic (exact) mass is 444 g/mol. The van der Waals surface area contributed by atoms with Crippen molar-refractivity contribution in [3.05, 3.63) is 59.7 Å². The number of nitrogens with one attached hydrogen (secondary N) is 1. The second-order valence-electron chi connectivity index (χ2n) is 8.62. The molecule has 1 aliphatic rings. The zero-order valence-corrected chi connectivity index (χ0v) is 19.4. The molecule has 1 N–H and O–H groups in total. The SMILES string of the molecule is COc1ccc(C(=O)NCC(C)(C)c2ccccc2)cc1S(=O)(=O)N1CCCCCC1. The van der Waals surface area contributed by atoms with E-state index < -0.39 is 10.0 Å². The normalized spacial score (nSPS) is 15.8. The van der Waals surface area contributed by atoms with Gasteiger partial charge in [-0.05, 0) is 36.6 Å². The maximum Gasteiger partial charge on any atom is 0.251 e. The third kappa shape index (κ3) is 5.46. The standard InChI is InChI=1S/C24H32N2O4S/c1-24(2,20-11-7-6-8-12-20)18-25-23(27)19-13-14-21(30-3)22(17-19)31(28,29)26-15-9-4-5-10-16-26/h6-8,11-14,17H,4-5,9-10,15-16,18H2,1-3H3,(H,25,27). The lowest BCUT2D eigenvalue weighted by atomic mass is 9.84. The number of hydrogen-bond donors (Lipinski definition) is 1. The van der Waals surface area contributed by atoms with E-state index in [9.17, 15) is 13.2 Å². The summed E-state index contributed by atoms with van der Waals surface area (Å²) in [5.74, 6) is -0.0515. The van der Waals surface area contributed by atoms with Crippen LogP contribution >= 0.6 is 0 Å².